The topological polar surface area (TPSA) is 74.6 Å². The Balaban J connectivity index is 2.58. The van der Waals surface area contributed by atoms with E-state index in [0.29, 0.717) is 31.3 Å². The molecule has 1 fully saturated rings. The fraction of sp³-hybridized carbons (Fsp3) is 0.667. The fourth-order valence-corrected chi connectivity index (χ4v) is 3.20. The Hall–Kier alpha value is -1.16. The lowest BCUT2D eigenvalue weighted by atomic mass is 9.68. The van der Waals surface area contributed by atoms with Crippen LogP contribution in [0.2, 0.25) is 0 Å². The van der Waals surface area contributed by atoms with Crippen LogP contribution in [0.25, 0.3) is 0 Å². The number of carboxylic acids is 1. The molecular formula is C12H16O4. The van der Waals surface area contributed by atoms with Crippen molar-refractivity contribution in [1.82, 2.24) is 0 Å². The third kappa shape index (κ3) is 1.33. The van der Waals surface area contributed by atoms with Gasteiger partial charge in [-0.25, -0.2) is 4.79 Å². The van der Waals surface area contributed by atoms with Gasteiger partial charge in [0.1, 0.15) is 5.57 Å². The fourth-order valence-electron chi connectivity index (χ4n) is 3.20. The van der Waals surface area contributed by atoms with Crippen LogP contribution in [-0.4, -0.2) is 28.1 Å². The second-order valence-corrected chi connectivity index (χ2v) is 4.65. The number of carboxylic acid groups (broad SMARTS) is 1. The molecule has 0 amide bonds. The van der Waals surface area contributed by atoms with Crippen molar-refractivity contribution in [2.45, 2.75) is 45.1 Å². The number of carbonyl (C=O) groups is 2. The molecule has 0 spiro atoms. The third-order valence-corrected chi connectivity index (χ3v) is 4.13. The molecule has 0 aromatic rings. The molecular weight excluding hydrogens is 208 g/mol. The molecule has 88 valence electrons. The molecule has 2 aliphatic rings. The van der Waals surface area contributed by atoms with Gasteiger partial charge in [0.05, 0.1) is 6.10 Å². The van der Waals surface area contributed by atoms with E-state index in [1.54, 1.807) is 0 Å². The first kappa shape index (κ1) is 11.3. The number of aliphatic hydroxyl groups is 1. The van der Waals surface area contributed by atoms with Crippen molar-refractivity contribution in [3.8, 4) is 0 Å². The predicted molar refractivity (Wildman–Crippen MR) is 56.9 cm³/mol. The van der Waals surface area contributed by atoms with E-state index in [9.17, 15) is 14.7 Å². The second-order valence-electron chi connectivity index (χ2n) is 4.65. The van der Waals surface area contributed by atoms with Crippen molar-refractivity contribution in [2.75, 3.05) is 0 Å². The highest BCUT2D eigenvalue weighted by Gasteiger charge is 2.50. The highest BCUT2D eigenvalue weighted by Crippen LogP contribution is 2.52. The molecule has 0 aromatic heterocycles. The van der Waals surface area contributed by atoms with Gasteiger partial charge in [0, 0.05) is 11.8 Å². The number of hydrogen-bond acceptors (Lipinski definition) is 3. The normalized spacial score (nSPS) is 34.1. The molecule has 2 aliphatic carbocycles. The number of carbonyl (C=O) groups excluding carboxylic acids is 1. The van der Waals surface area contributed by atoms with Crippen molar-refractivity contribution in [2.24, 2.45) is 5.41 Å². The maximum absolute atomic E-state index is 11.6. The molecule has 0 radical (unpaired) electrons. The number of fused-ring (bicyclic) bond motifs is 1. The van der Waals surface area contributed by atoms with Crippen LogP contribution in [0.3, 0.4) is 0 Å². The van der Waals surface area contributed by atoms with Crippen LogP contribution >= 0.6 is 0 Å². The molecule has 2 atom stereocenters. The summed E-state index contributed by atoms with van der Waals surface area (Å²) in [5.41, 5.74) is 0.192. The second kappa shape index (κ2) is 3.70. The van der Waals surface area contributed by atoms with Gasteiger partial charge < -0.3 is 10.2 Å². The summed E-state index contributed by atoms with van der Waals surface area (Å²) in [6.45, 7) is 1.95. The molecule has 2 rings (SSSR count). The van der Waals surface area contributed by atoms with Crippen LogP contribution < -0.4 is 0 Å². The number of aliphatic carboxylic acids is 1. The maximum Gasteiger partial charge on any atom is 0.339 e. The van der Waals surface area contributed by atoms with Gasteiger partial charge in [0.25, 0.3) is 0 Å². The Morgan fingerprint density at radius 1 is 1.50 bits per heavy atom. The van der Waals surface area contributed by atoms with E-state index in [1.165, 1.54) is 0 Å². The molecule has 0 heterocycles. The number of aliphatic hydroxyl groups excluding tert-OH is 1. The minimum absolute atomic E-state index is 0.0512. The van der Waals surface area contributed by atoms with E-state index >= 15 is 0 Å². The van der Waals surface area contributed by atoms with Gasteiger partial charge in [0.2, 0.25) is 0 Å². The number of hydrogen-bond donors (Lipinski definition) is 2. The van der Waals surface area contributed by atoms with Crippen molar-refractivity contribution < 1.29 is 19.8 Å². The quantitative estimate of drug-likeness (QED) is 0.693. The summed E-state index contributed by atoms with van der Waals surface area (Å²) in [5.74, 6) is -1.41. The van der Waals surface area contributed by atoms with Crippen molar-refractivity contribution in [1.29, 1.82) is 0 Å². The summed E-state index contributed by atoms with van der Waals surface area (Å²) in [7, 11) is 0. The summed E-state index contributed by atoms with van der Waals surface area (Å²) >= 11 is 0. The lowest BCUT2D eigenvalue weighted by molar-refractivity contribution is -0.135. The zero-order chi connectivity index (χ0) is 11.9. The summed E-state index contributed by atoms with van der Waals surface area (Å²) in [5, 5.41) is 19.1. The molecule has 2 unspecified atom stereocenters. The van der Waals surface area contributed by atoms with Gasteiger partial charge in [-0.1, -0.05) is 6.92 Å². The highest BCUT2D eigenvalue weighted by molar-refractivity contribution is 6.18. The molecule has 16 heavy (non-hydrogen) atoms. The van der Waals surface area contributed by atoms with E-state index in [0.717, 1.165) is 0 Å². The van der Waals surface area contributed by atoms with Crippen LogP contribution in [0, 0.1) is 5.41 Å². The van der Waals surface area contributed by atoms with Crippen LogP contribution in [0.1, 0.15) is 39.0 Å². The van der Waals surface area contributed by atoms with Gasteiger partial charge >= 0.3 is 5.97 Å². The van der Waals surface area contributed by atoms with E-state index in [4.69, 9.17) is 5.11 Å². The van der Waals surface area contributed by atoms with Crippen LogP contribution in [-0.2, 0) is 9.59 Å². The van der Waals surface area contributed by atoms with Gasteiger partial charge in [-0.2, -0.15) is 0 Å². The first-order chi connectivity index (χ1) is 7.53. The molecule has 2 N–H and O–H groups in total. The average Bonchev–Trinajstić information content (AvgIpc) is 2.56. The van der Waals surface area contributed by atoms with E-state index in [-0.39, 0.29) is 17.8 Å². The van der Waals surface area contributed by atoms with E-state index < -0.39 is 17.5 Å². The van der Waals surface area contributed by atoms with Gasteiger partial charge in [0.15, 0.2) is 5.78 Å². The number of Topliss-reactive ketones (excluding diaryl/α,β-unsaturated/α-hetero) is 1. The highest BCUT2D eigenvalue weighted by atomic mass is 16.4. The summed E-state index contributed by atoms with van der Waals surface area (Å²) in [6, 6.07) is 0. The molecule has 1 saturated carbocycles. The smallest absolute Gasteiger partial charge is 0.339 e. The first-order valence-corrected chi connectivity index (χ1v) is 5.71. The predicted octanol–water partition coefficient (Wildman–Crippen LogP) is 1.28. The van der Waals surface area contributed by atoms with Crippen LogP contribution in [0.15, 0.2) is 11.1 Å². The summed E-state index contributed by atoms with van der Waals surface area (Å²) in [4.78, 5) is 22.7. The molecule has 0 bridgehead atoms. The van der Waals surface area contributed by atoms with Crippen LogP contribution in [0.4, 0.5) is 0 Å². The molecule has 4 heteroatoms. The van der Waals surface area contributed by atoms with Crippen molar-refractivity contribution >= 4 is 11.8 Å². The zero-order valence-electron chi connectivity index (χ0n) is 9.32. The lowest BCUT2D eigenvalue weighted by Gasteiger charge is -2.36. The minimum atomic E-state index is -1.13. The third-order valence-electron chi connectivity index (χ3n) is 4.13. The first-order valence-electron chi connectivity index (χ1n) is 5.71. The Kier molecular flexibility index (Phi) is 2.62. The Bertz CT molecular complexity index is 382. The molecule has 0 saturated heterocycles. The van der Waals surface area contributed by atoms with Gasteiger partial charge in [-0.15, -0.1) is 0 Å². The van der Waals surface area contributed by atoms with Gasteiger partial charge in [-0.3, -0.25) is 4.79 Å². The standard InChI is InChI=1S/C12H16O4/c1-2-12-6-5-8(13)10(11(15)16)7(12)3-4-9(12)14/h9,14H,2-6H2,1H3,(H,15,16). The van der Waals surface area contributed by atoms with Crippen molar-refractivity contribution in [3.63, 3.8) is 0 Å². The van der Waals surface area contributed by atoms with Crippen LogP contribution in [0.5, 0.6) is 0 Å². The Morgan fingerprint density at radius 2 is 2.19 bits per heavy atom. The Morgan fingerprint density at radius 3 is 2.75 bits per heavy atom. The zero-order valence-corrected chi connectivity index (χ0v) is 9.32. The minimum Gasteiger partial charge on any atom is -0.478 e. The van der Waals surface area contributed by atoms with Gasteiger partial charge in [-0.05, 0) is 31.3 Å². The molecule has 0 aliphatic heterocycles. The summed E-state index contributed by atoms with van der Waals surface area (Å²) in [6.07, 6.45) is 2.17. The average molecular weight is 224 g/mol. The maximum atomic E-state index is 11.6. The molecule has 0 aromatic carbocycles. The SMILES string of the molecule is CCC12CCC(=O)C(C(=O)O)=C1CCC2O. The van der Waals surface area contributed by atoms with Crippen molar-refractivity contribution in [3.05, 3.63) is 11.1 Å². The van der Waals surface area contributed by atoms with E-state index in [2.05, 4.69) is 0 Å². The summed E-state index contributed by atoms with van der Waals surface area (Å²) < 4.78 is 0. The Labute approximate surface area is 94.0 Å². The monoisotopic (exact) mass is 224 g/mol. The number of rotatable bonds is 2. The largest absolute Gasteiger partial charge is 0.478 e. The molecule has 4 nitrogen and oxygen atoms in total. The number of ketones is 1. The lowest BCUT2D eigenvalue weighted by Crippen LogP contribution is -2.37. The van der Waals surface area contributed by atoms with E-state index in [1.807, 2.05) is 6.92 Å².